The molecule has 0 aliphatic carbocycles. The van der Waals surface area contributed by atoms with Crippen LogP contribution in [0.15, 0.2) is 24.3 Å². The zero-order valence-corrected chi connectivity index (χ0v) is 17.7. The van der Waals surface area contributed by atoms with Crippen LogP contribution in [0.1, 0.15) is 64.9 Å². The second-order valence-corrected chi connectivity index (χ2v) is 9.93. The molecule has 1 heterocycles. The van der Waals surface area contributed by atoms with Crippen LogP contribution >= 0.6 is 0 Å². The molecule has 0 saturated carbocycles. The Balaban J connectivity index is 1.90. The Kier molecular flexibility index (Phi) is 7.96. The first-order chi connectivity index (χ1) is 12.3. The van der Waals surface area contributed by atoms with E-state index in [1.807, 2.05) is 18.2 Å². The van der Waals surface area contributed by atoms with E-state index in [1.165, 1.54) is 38.0 Å². The van der Waals surface area contributed by atoms with E-state index in [0.29, 0.717) is 11.6 Å². The maximum absolute atomic E-state index is 11.8. The van der Waals surface area contributed by atoms with Crippen LogP contribution < -0.4 is 4.72 Å². The van der Waals surface area contributed by atoms with E-state index in [4.69, 9.17) is 0 Å². The van der Waals surface area contributed by atoms with E-state index in [9.17, 15) is 8.42 Å². The predicted octanol–water partition coefficient (Wildman–Crippen LogP) is 4.70. The van der Waals surface area contributed by atoms with Crippen LogP contribution in [0.4, 0.5) is 5.69 Å². The zero-order valence-electron chi connectivity index (χ0n) is 16.9. The van der Waals surface area contributed by atoms with Gasteiger partial charge in [-0.3, -0.25) is 4.72 Å². The molecule has 1 aromatic rings. The van der Waals surface area contributed by atoms with Gasteiger partial charge in [0.15, 0.2) is 0 Å². The molecule has 1 fully saturated rings. The van der Waals surface area contributed by atoms with Crippen molar-refractivity contribution in [1.29, 1.82) is 0 Å². The molecule has 0 bridgehead atoms. The summed E-state index contributed by atoms with van der Waals surface area (Å²) in [5.41, 5.74) is 1.92. The number of piperidine rings is 1. The fourth-order valence-electron chi connectivity index (χ4n) is 3.83. The number of rotatable bonds is 9. The topological polar surface area (TPSA) is 49.4 Å². The van der Waals surface area contributed by atoms with E-state index in [2.05, 4.69) is 36.5 Å². The number of nitrogens with zero attached hydrogens (tertiary/aromatic N) is 1. The minimum atomic E-state index is -3.22. The van der Waals surface area contributed by atoms with Gasteiger partial charge in [0, 0.05) is 12.2 Å². The SMILES string of the molecule is CCC(CCCN1CCC(C)C(C)C1)c1cccc(NS(=O)(=O)CC)c1. The Hall–Kier alpha value is -1.07. The molecule has 0 spiro atoms. The first-order valence-electron chi connectivity index (χ1n) is 10.2. The number of benzene rings is 1. The summed E-state index contributed by atoms with van der Waals surface area (Å²) in [6.45, 7) is 12.3. The molecule has 148 valence electrons. The average Bonchev–Trinajstić information content (AvgIpc) is 2.61. The van der Waals surface area contributed by atoms with Gasteiger partial charge < -0.3 is 4.90 Å². The first kappa shape index (κ1) is 21.2. The minimum Gasteiger partial charge on any atom is -0.303 e. The van der Waals surface area contributed by atoms with Crippen LogP contribution in [-0.2, 0) is 10.0 Å². The Bertz CT molecular complexity index is 660. The highest BCUT2D eigenvalue weighted by Gasteiger charge is 2.22. The summed E-state index contributed by atoms with van der Waals surface area (Å²) in [5, 5.41) is 0. The van der Waals surface area contributed by atoms with Gasteiger partial charge in [0.1, 0.15) is 0 Å². The van der Waals surface area contributed by atoms with Crippen LogP contribution in [-0.4, -0.2) is 38.7 Å². The second kappa shape index (κ2) is 9.75. The third kappa shape index (κ3) is 6.27. The first-order valence-corrected chi connectivity index (χ1v) is 11.8. The minimum absolute atomic E-state index is 0.0985. The van der Waals surface area contributed by atoms with E-state index in [0.717, 1.165) is 24.7 Å². The van der Waals surface area contributed by atoms with Crippen LogP contribution in [0.5, 0.6) is 0 Å². The maximum Gasteiger partial charge on any atom is 0.232 e. The molecule has 0 radical (unpaired) electrons. The monoisotopic (exact) mass is 380 g/mol. The molecule has 1 N–H and O–H groups in total. The summed E-state index contributed by atoms with van der Waals surface area (Å²) >= 11 is 0. The molecule has 0 amide bonds. The van der Waals surface area contributed by atoms with Crippen molar-refractivity contribution in [3.63, 3.8) is 0 Å². The number of nitrogens with one attached hydrogen (secondary N) is 1. The molecule has 1 aliphatic heterocycles. The summed E-state index contributed by atoms with van der Waals surface area (Å²) < 4.78 is 26.3. The number of hydrogen-bond acceptors (Lipinski definition) is 3. The number of sulfonamides is 1. The van der Waals surface area contributed by atoms with Crippen molar-refractivity contribution in [3.05, 3.63) is 29.8 Å². The van der Waals surface area contributed by atoms with Gasteiger partial charge in [-0.05, 0) is 81.1 Å². The lowest BCUT2D eigenvalue weighted by atomic mass is 9.88. The van der Waals surface area contributed by atoms with Crippen molar-refractivity contribution in [2.45, 2.75) is 59.3 Å². The Morgan fingerprint density at radius 2 is 2.00 bits per heavy atom. The van der Waals surface area contributed by atoms with Crippen molar-refractivity contribution in [3.8, 4) is 0 Å². The normalized spacial score (nSPS) is 22.9. The smallest absolute Gasteiger partial charge is 0.232 e. The van der Waals surface area contributed by atoms with Gasteiger partial charge in [-0.15, -0.1) is 0 Å². The number of hydrogen-bond donors (Lipinski definition) is 1. The van der Waals surface area contributed by atoms with Gasteiger partial charge in [-0.2, -0.15) is 0 Å². The third-order valence-corrected chi connectivity index (χ3v) is 7.26. The molecule has 1 aromatic carbocycles. The van der Waals surface area contributed by atoms with Gasteiger partial charge in [0.05, 0.1) is 5.75 Å². The Labute approximate surface area is 160 Å². The molecule has 26 heavy (non-hydrogen) atoms. The van der Waals surface area contributed by atoms with Crippen LogP contribution in [0.2, 0.25) is 0 Å². The average molecular weight is 381 g/mol. The molecular formula is C21H36N2O2S. The van der Waals surface area contributed by atoms with Crippen molar-refractivity contribution in [2.24, 2.45) is 11.8 Å². The van der Waals surface area contributed by atoms with Crippen LogP contribution in [0, 0.1) is 11.8 Å². The van der Waals surface area contributed by atoms with E-state index >= 15 is 0 Å². The molecular weight excluding hydrogens is 344 g/mol. The summed E-state index contributed by atoms with van der Waals surface area (Å²) in [4.78, 5) is 2.61. The highest BCUT2D eigenvalue weighted by atomic mass is 32.2. The zero-order chi connectivity index (χ0) is 19.2. The summed E-state index contributed by atoms with van der Waals surface area (Å²) in [5.74, 6) is 2.24. The standard InChI is InChI=1S/C21H36N2O2S/c1-5-19(10-8-13-23-14-12-17(3)18(4)16-23)20-9-7-11-21(15-20)22-26(24,25)6-2/h7,9,11,15,17-19,22H,5-6,8,10,12-14,16H2,1-4H3. The van der Waals surface area contributed by atoms with Gasteiger partial charge in [-0.25, -0.2) is 8.42 Å². The van der Waals surface area contributed by atoms with Crippen molar-refractivity contribution >= 4 is 15.7 Å². The van der Waals surface area contributed by atoms with Crippen molar-refractivity contribution in [2.75, 3.05) is 30.1 Å². The lowest BCUT2D eigenvalue weighted by molar-refractivity contribution is 0.136. The molecule has 1 aliphatic rings. The molecule has 3 unspecified atom stereocenters. The van der Waals surface area contributed by atoms with E-state index < -0.39 is 10.0 Å². The Morgan fingerprint density at radius 3 is 2.65 bits per heavy atom. The third-order valence-electron chi connectivity index (χ3n) is 5.95. The van der Waals surface area contributed by atoms with Crippen molar-refractivity contribution < 1.29 is 8.42 Å². The number of likely N-dealkylation sites (tertiary alicyclic amines) is 1. The van der Waals surface area contributed by atoms with Gasteiger partial charge in [0.25, 0.3) is 0 Å². The maximum atomic E-state index is 11.8. The fourth-order valence-corrected chi connectivity index (χ4v) is 4.46. The lowest BCUT2D eigenvalue weighted by Gasteiger charge is -2.35. The van der Waals surface area contributed by atoms with Gasteiger partial charge >= 0.3 is 0 Å². The highest BCUT2D eigenvalue weighted by Crippen LogP contribution is 2.28. The Morgan fingerprint density at radius 1 is 1.23 bits per heavy atom. The second-order valence-electron chi connectivity index (χ2n) is 7.92. The highest BCUT2D eigenvalue weighted by molar-refractivity contribution is 7.92. The van der Waals surface area contributed by atoms with E-state index in [-0.39, 0.29) is 5.75 Å². The predicted molar refractivity (Wildman–Crippen MR) is 111 cm³/mol. The van der Waals surface area contributed by atoms with E-state index in [1.54, 1.807) is 6.92 Å². The summed E-state index contributed by atoms with van der Waals surface area (Å²) in [6, 6.07) is 7.92. The number of anilines is 1. The van der Waals surface area contributed by atoms with Gasteiger partial charge in [-0.1, -0.05) is 32.9 Å². The molecule has 1 saturated heterocycles. The summed E-state index contributed by atoms with van der Waals surface area (Å²) in [7, 11) is -3.22. The largest absolute Gasteiger partial charge is 0.303 e. The molecule has 0 aromatic heterocycles. The fraction of sp³-hybridized carbons (Fsp3) is 0.714. The molecule has 3 atom stereocenters. The van der Waals surface area contributed by atoms with Crippen molar-refractivity contribution in [1.82, 2.24) is 4.90 Å². The lowest BCUT2D eigenvalue weighted by Crippen LogP contribution is -2.38. The van der Waals surface area contributed by atoms with Gasteiger partial charge in [0.2, 0.25) is 10.0 Å². The molecule has 2 rings (SSSR count). The van der Waals surface area contributed by atoms with Crippen LogP contribution in [0.3, 0.4) is 0 Å². The summed E-state index contributed by atoms with van der Waals surface area (Å²) in [6.07, 6.45) is 4.75. The molecule has 5 heteroatoms. The quantitative estimate of drug-likeness (QED) is 0.675. The van der Waals surface area contributed by atoms with Crippen LogP contribution in [0.25, 0.3) is 0 Å². The molecule has 4 nitrogen and oxygen atoms in total.